The van der Waals surface area contributed by atoms with E-state index in [-0.39, 0.29) is 11.1 Å². The lowest BCUT2D eigenvalue weighted by Gasteiger charge is -2.13. The summed E-state index contributed by atoms with van der Waals surface area (Å²) in [4.78, 5) is 16.7. The number of halogens is 2. The van der Waals surface area contributed by atoms with Gasteiger partial charge in [0.05, 0.1) is 22.9 Å². The molecule has 0 fully saturated rings. The second-order valence-electron chi connectivity index (χ2n) is 5.74. The summed E-state index contributed by atoms with van der Waals surface area (Å²) >= 11 is 0.998. The maximum Gasteiger partial charge on any atom is 0.321 e. The minimum absolute atomic E-state index is 0.112. The molecular weight excluding hydrogens is 372 g/mol. The first-order chi connectivity index (χ1) is 13.0. The maximum atomic E-state index is 13.5. The minimum Gasteiger partial charge on any atom is -0.494 e. The molecule has 3 rings (SSSR count). The van der Waals surface area contributed by atoms with E-state index in [1.165, 1.54) is 0 Å². The first kappa shape index (κ1) is 19.2. The highest BCUT2D eigenvalue weighted by Gasteiger charge is 2.23. The normalized spacial score (nSPS) is 12.3. The van der Waals surface area contributed by atoms with E-state index < -0.39 is 11.8 Å². The number of hydrogen-bond acceptors (Lipinski definition) is 4. The molecule has 0 saturated heterocycles. The number of para-hydroxylation sites is 2. The number of nitrogens with one attached hydrogen (secondary N) is 1. The van der Waals surface area contributed by atoms with Crippen molar-refractivity contribution in [3.05, 3.63) is 48.5 Å². The van der Waals surface area contributed by atoms with Crippen LogP contribution in [0.3, 0.4) is 0 Å². The number of carbonyl (C=O) groups excluding carboxylic acids is 1. The lowest BCUT2D eigenvalue weighted by atomic mass is 10.3. The highest BCUT2D eigenvalue weighted by Crippen LogP contribution is 2.31. The van der Waals surface area contributed by atoms with Crippen molar-refractivity contribution in [3.8, 4) is 5.75 Å². The van der Waals surface area contributed by atoms with Crippen LogP contribution in [0.2, 0.25) is 0 Å². The summed E-state index contributed by atoms with van der Waals surface area (Å²) in [6, 6.07) is 13.6. The highest BCUT2D eigenvalue weighted by atomic mass is 32.2. The third-order valence-corrected chi connectivity index (χ3v) is 4.91. The van der Waals surface area contributed by atoms with Gasteiger partial charge >= 0.3 is 6.55 Å². The van der Waals surface area contributed by atoms with E-state index in [2.05, 4.69) is 10.3 Å². The Labute approximate surface area is 159 Å². The summed E-state index contributed by atoms with van der Waals surface area (Å²) in [6.07, 6.45) is 0. The van der Waals surface area contributed by atoms with E-state index in [1.807, 2.05) is 6.92 Å². The van der Waals surface area contributed by atoms with E-state index in [0.29, 0.717) is 29.1 Å². The van der Waals surface area contributed by atoms with Crippen molar-refractivity contribution in [1.29, 1.82) is 0 Å². The average Bonchev–Trinajstić information content (AvgIpc) is 3.01. The SMILES string of the molecule is CCOc1ccc(NC(=O)C(C)Sc2nc3ccccc3n2C(F)F)cc1. The zero-order chi connectivity index (χ0) is 19.4. The van der Waals surface area contributed by atoms with Gasteiger partial charge < -0.3 is 10.1 Å². The Morgan fingerprint density at radius 3 is 2.59 bits per heavy atom. The van der Waals surface area contributed by atoms with E-state index in [4.69, 9.17) is 4.74 Å². The number of rotatable bonds is 7. The zero-order valence-corrected chi connectivity index (χ0v) is 15.7. The lowest BCUT2D eigenvalue weighted by Crippen LogP contribution is -2.23. The summed E-state index contributed by atoms with van der Waals surface area (Å²) in [5, 5.41) is 2.28. The molecule has 1 heterocycles. The van der Waals surface area contributed by atoms with Crippen LogP contribution in [0.15, 0.2) is 53.7 Å². The molecule has 5 nitrogen and oxygen atoms in total. The largest absolute Gasteiger partial charge is 0.494 e. The van der Waals surface area contributed by atoms with Crippen LogP contribution in [0.4, 0.5) is 14.5 Å². The number of carbonyl (C=O) groups is 1. The monoisotopic (exact) mass is 391 g/mol. The molecule has 27 heavy (non-hydrogen) atoms. The van der Waals surface area contributed by atoms with E-state index in [1.54, 1.807) is 55.5 Å². The fourth-order valence-electron chi connectivity index (χ4n) is 2.55. The number of amides is 1. The van der Waals surface area contributed by atoms with Crippen LogP contribution < -0.4 is 10.1 Å². The summed E-state index contributed by atoms with van der Waals surface area (Å²) in [7, 11) is 0. The second-order valence-corrected chi connectivity index (χ2v) is 7.05. The van der Waals surface area contributed by atoms with Gasteiger partial charge in [0.2, 0.25) is 5.91 Å². The zero-order valence-electron chi connectivity index (χ0n) is 14.9. The van der Waals surface area contributed by atoms with Crippen molar-refractivity contribution in [2.24, 2.45) is 0 Å². The number of thioether (sulfide) groups is 1. The van der Waals surface area contributed by atoms with Crippen LogP contribution in [0.25, 0.3) is 11.0 Å². The minimum atomic E-state index is -2.73. The highest BCUT2D eigenvalue weighted by molar-refractivity contribution is 8.00. The number of ether oxygens (including phenoxy) is 1. The molecule has 0 aliphatic rings. The molecule has 0 bridgehead atoms. The molecule has 0 spiro atoms. The Balaban J connectivity index is 1.73. The Hall–Kier alpha value is -2.61. The van der Waals surface area contributed by atoms with Crippen LogP contribution >= 0.6 is 11.8 Å². The van der Waals surface area contributed by atoms with Gasteiger partial charge in [-0.15, -0.1) is 0 Å². The molecule has 1 N–H and O–H groups in total. The number of imidazole rings is 1. The summed E-state index contributed by atoms with van der Waals surface area (Å²) in [6.45, 7) is 1.37. The molecule has 0 saturated carbocycles. The third kappa shape index (κ3) is 4.39. The fraction of sp³-hybridized carbons (Fsp3) is 0.263. The molecule has 3 aromatic rings. The average molecular weight is 391 g/mol. The molecule has 1 amide bonds. The van der Waals surface area contributed by atoms with Crippen molar-refractivity contribution in [1.82, 2.24) is 9.55 Å². The van der Waals surface area contributed by atoms with Crippen LogP contribution in [0.1, 0.15) is 20.4 Å². The van der Waals surface area contributed by atoms with Gasteiger partial charge in [0.25, 0.3) is 0 Å². The number of nitrogens with zero attached hydrogens (tertiary/aromatic N) is 2. The van der Waals surface area contributed by atoms with Gasteiger partial charge in [-0.2, -0.15) is 8.78 Å². The topological polar surface area (TPSA) is 56.1 Å². The standard InChI is InChI=1S/C19H19F2N3O2S/c1-3-26-14-10-8-13(9-11-14)22-17(25)12(2)27-19-23-15-6-4-5-7-16(15)24(19)18(20)21/h4-12,18H,3H2,1-2H3,(H,22,25). The van der Waals surface area contributed by atoms with E-state index in [0.717, 1.165) is 16.3 Å². The van der Waals surface area contributed by atoms with Crippen LogP contribution in [0.5, 0.6) is 5.75 Å². The van der Waals surface area contributed by atoms with Gasteiger partial charge in [0.1, 0.15) is 5.75 Å². The Morgan fingerprint density at radius 1 is 1.22 bits per heavy atom. The predicted octanol–water partition coefficient (Wildman–Crippen LogP) is 4.95. The van der Waals surface area contributed by atoms with Gasteiger partial charge in [-0.1, -0.05) is 23.9 Å². The van der Waals surface area contributed by atoms with Crippen molar-refractivity contribution >= 4 is 34.4 Å². The van der Waals surface area contributed by atoms with Gasteiger partial charge in [-0.3, -0.25) is 9.36 Å². The third-order valence-electron chi connectivity index (χ3n) is 3.84. The van der Waals surface area contributed by atoms with Crippen LogP contribution in [-0.2, 0) is 4.79 Å². The number of hydrogen-bond donors (Lipinski definition) is 1. The molecule has 142 valence electrons. The summed E-state index contributed by atoms with van der Waals surface area (Å²) in [5.74, 6) is 0.417. The number of benzene rings is 2. The van der Waals surface area contributed by atoms with Crippen molar-refractivity contribution in [2.45, 2.75) is 30.8 Å². The molecule has 0 aliphatic heterocycles. The van der Waals surface area contributed by atoms with Crippen LogP contribution in [0, 0.1) is 0 Å². The Bertz CT molecular complexity index is 928. The van der Waals surface area contributed by atoms with Crippen molar-refractivity contribution in [2.75, 3.05) is 11.9 Å². The van der Waals surface area contributed by atoms with Gasteiger partial charge in [0.15, 0.2) is 5.16 Å². The molecule has 0 radical (unpaired) electrons. The number of fused-ring (bicyclic) bond motifs is 1. The first-order valence-electron chi connectivity index (χ1n) is 8.45. The molecule has 1 aromatic heterocycles. The molecule has 2 aromatic carbocycles. The maximum absolute atomic E-state index is 13.5. The number of anilines is 1. The van der Waals surface area contributed by atoms with Gasteiger partial charge in [0, 0.05) is 5.69 Å². The first-order valence-corrected chi connectivity index (χ1v) is 9.33. The molecule has 8 heteroatoms. The van der Waals surface area contributed by atoms with Crippen molar-refractivity contribution < 1.29 is 18.3 Å². The summed E-state index contributed by atoms with van der Waals surface area (Å²) < 4.78 is 33.2. The second kappa shape index (κ2) is 8.39. The molecule has 1 atom stereocenters. The fourth-order valence-corrected chi connectivity index (χ4v) is 3.48. The Kier molecular flexibility index (Phi) is 5.95. The molecule has 0 aliphatic carbocycles. The number of aromatic nitrogens is 2. The van der Waals surface area contributed by atoms with E-state index >= 15 is 0 Å². The molecule has 1 unspecified atom stereocenters. The predicted molar refractivity (Wildman–Crippen MR) is 103 cm³/mol. The van der Waals surface area contributed by atoms with E-state index in [9.17, 15) is 13.6 Å². The van der Waals surface area contributed by atoms with Crippen LogP contribution in [-0.4, -0.2) is 27.3 Å². The number of alkyl halides is 2. The lowest BCUT2D eigenvalue weighted by molar-refractivity contribution is -0.115. The van der Waals surface area contributed by atoms with Gasteiger partial charge in [-0.25, -0.2) is 4.98 Å². The van der Waals surface area contributed by atoms with Gasteiger partial charge in [-0.05, 0) is 50.2 Å². The smallest absolute Gasteiger partial charge is 0.321 e. The molecular formula is C19H19F2N3O2S. The quantitative estimate of drug-likeness (QED) is 0.579. The summed E-state index contributed by atoms with van der Waals surface area (Å²) in [5.41, 5.74) is 1.42. The van der Waals surface area contributed by atoms with Crippen molar-refractivity contribution in [3.63, 3.8) is 0 Å². The Morgan fingerprint density at radius 2 is 1.93 bits per heavy atom.